The van der Waals surface area contributed by atoms with E-state index in [4.69, 9.17) is 9.88 Å². The van der Waals surface area contributed by atoms with E-state index in [1.807, 2.05) is 27.7 Å². The van der Waals surface area contributed by atoms with Gasteiger partial charge in [-0.15, -0.1) is 0 Å². The van der Waals surface area contributed by atoms with Crippen LogP contribution in [-0.2, 0) is 14.8 Å². The summed E-state index contributed by atoms with van der Waals surface area (Å²) < 4.78 is 27.5. The molecule has 1 aliphatic rings. The molecule has 1 amide bonds. The van der Waals surface area contributed by atoms with Crippen molar-refractivity contribution in [1.82, 2.24) is 4.90 Å². The summed E-state index contributed by atoms with van der Waals surface area (Å²) in [7, 11) is -3.46. The van der Waals surface area contributed by atoms with Gasteiger partial charge < -0.3 is 9.64 Å². The smallest absolute Gasteiger partial charge is 0.410 e. The Morgan fingerprint density at radius 1 is 1.42 bits per heavy atom. The topological polar surface area (TPSA) is 89.7 Å². The Bertz CT molecular complexity index is 428. The van der Waals surface area contributed by atoms with Gasteiger partial charge in [0.1, 0.15) is 5.60 Å². The standard InChI is InChI=1S/C12H24N2O4S/c1-9-7-14(11(15)18-12(2,3)4)6-5-10(9)8-19(13,16)17/h9-10H,5-8H2,1-4H3,(H2,13,16,17). The summed E-state index contributed by atoms with van der Waals surface area (Å²) in [5.41, 5.74) is -0.516. The van der Waals surface area contributed by atoms with Crippen LogP contribution in [0.2, 0.25) is 0 Å². The summed E-state index contributed by atoms with van der Waals surface area (Å²) in [5, 5.41) is 5.07. The average Bonchev–Trinajstić information content (AvgIpc) is 2.16. The summed E-state index contributed by atoms with van der Waals surface area (Å²) in [6.07, 6.45) is 0.296. The van der Waals surface area contributed by atoms with Gasteiger partial charge in [0, 0.05) is 13.1 Å². The molecule has 2 N–H and O–H groups in total. The lowest BCUT2D eigenvalue weighted by Crippen LogP contribution is -2.46. The molecule has 1 aliphatic heterocycles. The fourth-order valence-corrected chi connectivity index (χ4v) is 3.32. The van der Waals surface area contributed by atoms with Crippen molar-refractivity contribution in [3.8, 4) is 0 Å². The minimum absolute atomic E-state index is 0.00804. The molecule has 1 fully saturated rings. The SMILES string of the molecule is CC1CN(C(=O)OC(C)(C)C)CCC1CS(N)(=O)=O. The van der Waals surface area contributed by atoms with Crippen LogP contribution in [0.15, 0.2) is 0 Å². The first-order valence-corrected chi connectivity index (χ1v) is 8.18. The average molecular weight is 292 g/mol. The molecule has 112 valence electrons. The van der Waals surface area contributed by atoms with Crippen molar-refractivity contribution in [2.24, 2.45) is 17.0 Å². The second-order valence-corrected chi connectivity index (χ2v) is 7.94. The number of rotatable bonds is 2. The van der Waals surface area contributed by atoms with Gasteiger partial charge in [0.25, 0.3) is 0 Å². The highest BCUT2D eigenvalue weighted by Crippen LogP contribution is 2.25. The van der Waals surface area contributed by atoms with Crippen LogP contribution in [0.5, 0.6) is 0 Å². The number of amides is 1. The summed E-state index contributed by atoms with van der Waals surface area (Å²) in [5.74, 6) is 0.0874. The van der Waals surface area contributed by atoms with Gasteiger partial charge in [0.05, 0.1) is 5.75 Å². The van der Waals surface area contributed by atoms with Crippen LogP contribution < -0.4 is 5.14 Å². The molecule has 19 heavy (non-hydrogen) atoms. The molecule has 2 unspecified atom stereocenters. The zero-order valence-corrected chi connectivity index (χ0v) is 12.9. The number of nitrogens with zero attached hydrogens (tertiary/aromatic N) is 1. The van der Waals surface area contributed by atoms with Gasteiger partial charge in [-0.3, -0.25) is 0 Å². The lowest BCUT2D eigenvalue weighted by molar-refractivity contribution is 0.0129. The molecule has 0 saturated carbocycles. The third-order valence-corrected chi connectivity index (χ3v) is 4.07. The van der Waals surface area contributed by atoms with Crippen molar-refractivity contribution in [1.29, 1.82) is 0 Å². The highest BCUT2D eigenvalue weighted by atomic mass is 32.2. The number of hydrogen-bond donors (Lipinski definition) is 1. The van der Waals surface area contributed by atoms with Crippen LogP contribution in [0.25, 0.3) is 0 Å². The Morgan fingerprint density at radius 2 is 2.00 bits per heavy atom. The first kappa shape index (κ1) is 16.2. The molecule has 1 rings (SSSR count). The second-order valence-electron chi connectivity index (χ2n) is 6.28. The predicted octanol–water partition coefficient (Wildman–Crippen LogP) is 1.17. The van der Waals surface area contributed by atoms with Crippen molar-refractivity contribution in [2.45, 2.75) is 39.7 Å². The molecule has 7 heteroatoms. The van der Waals surface area contributed by atoms with Gasteiger partial charge in [0.15, 0.2) is 0 Å². The molecule has 0 bridgehead atoms. The lowest BCUT2D eigenvalue weighted by Gasteiger charge is -2.37. The molecule has 0 aliphatic carbocycles. The van der Waals surface area contributed by atoms with E-state index < -0.39 is 15.6 Å². The van der Waals surface area contributed by atoms with Crippen LogP contribution in [0.1, 0.15) is 34.1 Å². The van der Waals surface area contributed by atoms with E-state index in [1.54, 1.807) is 4.90 Å². The number of hydrogen-bond acceptors (Lipinski definition) is 4. The number of ether oxygens (including phenoxy) is 1. The first-order chi connectivity index (χ1) is 8.48. The molecule has 2 atom stereocenters. The molecule has 1 saturated heterocycles. The van der Waals surface area contributed by atoms with Crippen molar-refractivity contribution < 1.29 is 17.9 Å². The van der Waals surface area contributed by atoms with Crippen molar-refractivity contribution in [2.75, 3.05) is 18.8 Å². The number of carbonyl (C=O) groups is 1. The Balaban J connectivity index is 2.56. The van der Waals surface area contributed by atoms with E-state index in [1.165, 1.54) is 0 Å². The van der Waals surface area contributed by atoms with Crippen molar-refractivity contribution in [3.63, 3.8) is 0 Å². The fourth-order valence-electron chi connectivity index (χ4n) is 2.23. The van der Waals surface area contributed by atoms with E-state index >= 15 is 0 Å². The second kappa shape index (κ2) is 5.66. The molecular weight excluding hydrogens is 268 g/mol. The summed E-state index contributed by atoms with van der Waals surface area (Å²) in [4.78, 5) is 13.5. The van der Waals surface area contributed by atoms with E-state index in [9.17, 15) is 13.2 Å². The van der Waals surface area contributed by atoms with Gasteiger partial charge in [0.2, 0.25) is 10.0 Å². The third-order valence-electron chi connectivity index (χ3n) is 3.18. The molecule has 1 heterocycles. The van der Waals surface area contributed by atoms with Gasteiger partial charge >= 0.3 is 6.09 Å². The zero-order valence-electron chi connectivity index (χ0n) is 12.0. The fraction of sp³-hybridized carbons (Fsp3) is 0.917. The third kappa shape index (κ3) is 5.78. The number of primary sulfonamides is 1. The van der Waals surface area contributed by atoms with Crippen LogP contribution in [0.4, 0.5) is 4.79 Å². The highest BCUT2D eigenvalue weighted by Gasteiger charge is 2.32. The summed E-state index contributed by atoms with van der Waals surface area (Å²) >= 11 is 0. The van der Waals surface area contributed by atoms with E-state index in [0.717, 1.165) is 0 Å². The van der Waals surface area contributed by atoms with Crippen LogP contribution in [-0.4, -0.2) is 43.9 Å². The van der Waals surface area contributed by atoms with E-state index in [0.29, 0.717) is 19.5 Å². The first-order valence-electron chi connectivity index (χ1n) is 6.46. The van der Waals surface area contributed by atoms with Crippen molar-refractivity contribution >= 4 is 16.1 Å². The minimum atomic E-state index is -3.46. The molecule has 0 aromatic rings. The molecular formula is C12H24N2O4S. The molecule has 0 aromatic heterocycles. The predicted molar refractivity (Wildman–Crippen MR) is 73.1 cm³/mol. The lowest BCUT2D eigenvalue weighted by atomic mass is 9.89. The largest absolute Gasteiger partial charge is 0.444 e. The number of piperidine rings is 1. The Morgan fingerprint density at radius 3 is 2.42 bits per heavy atom. The maximum Gasteiger partial charge on any atom is 0.410 e. The minimum Gasteiger partial charge on any atom is -0.444 e. The van der Waals surface area contributed by atoms with Gasteiger partial charge in [-0.1, -0.05) is 6.92 Å². The zero-order chi connectivity index (χ0) is 14.8. The summed E-state index contributed by atoms with van der Waals surface area (Å²) in [6.45, 7) is 8.42. The molecule has 6 nitrogen and oxygen atoms in total. The van der Waals surface area contributed by atoms with Gasteiger partial charge in [-0.25, -0.2) is 18.4 Å². The number of likely N-dealkylation sites (tertiary alicyclic amines) is 1. The van der Waals surface area contributed by atoms with Crippen LogP contribution >= 0.6 is 0 Å². The number of sulfonamides is 1. The molecule has 0 radical (unpaired) electrons. The Hall–Kier alpha value is -0.820. The normalized spacial score (nSPS) is 25.2. The Kier molecular flexibility index (Phi) is 4.84. The number of carbonyl (C=O) groups excluding carboxylic acids is 1. The van der Waals surface area contributed by atoms with Crippen molar-refractivity contribution in [3.05, 3.63) is 0 Å². The van der Waals surface area contributed by atoms with E-state index in [2.05, 4.69) is 0 Å². The number of nitrogens with two attached hydrogens (primary N) is 1. The van der Waals surface area contributed by atoms with Gasteiger partial charge in [-0.2, -0.15) is 0 Å². The summed E-state index contributed by atoms with van der Waals surface area (Å²) in [6, 6.07) is 0. The van der Waals surface area contributed by atoms with E-state index in [-0.39, 0.29) is 23.7 Å². The molecule has 0 aromatic carbocycles. The van der Waals surface area contributed by atoms with Crippen LogP contribution in [0.3, 0.4) is 0 Å². The maximum atomic E-state index is 11.9. The highest BCUT2D eigenvalue weighted by molar-refractivity contribution is 7.89. The molecule has 0 spiro atoms. The van der Waals surface area contributed by atoms with Crippen LogP contribution in [0, 0.1) is 11.8 Å². The van der Waals surface area contributed by atoms with Gasteiger partial charge in [-0.05, 0) is 39.0 Å². The maximum absolute atomic E-state index is 11.9. The Labute approximate surface area is 115 Å². The monoisotopic (exact) mass is 292 g/mol. The quantitative estimate of drug-likeness (QED) is 0.827.